The van der Waals surface area contributed by atoms with Gasteiger partial charge in [0.2, 0.25) is 0 Å². The van der Waals surface area contributed by atoms with Crippen molar-refractivity contribution in [2.24, 2.45) is 11.7 Å². The first-order chi connectivity index (χ1) is 2.91. The maximum Gasteiger partial charge on any atom is 0.0712 e. The summed E-state index contributed by atoms with van der Waals surface area (Å²) in [6.45, 7) is 0. The van der Waals surface area contributed by atoms with Crippen LogP contribution >= 0.6 is 11.9 Å². The van der Waals surface area contributed by atoms with E-state index in [9.17, 15) is 0 Å². The molecule has 0 saturated carbocycles. The van der Waals surface area contributed by atoms with Gasteiger partial charge in [-0.1, -0.05) is 11.9 Å². The van der Waals surface area contributed by atoms with Crippen molar-refractivity contribution < 1.29 is 0 Å². The molecule has 0 heterocycles. The normalized spacial score (nSPS) is 9.00. The van der Waals surface area contributed by atoms with Gasteiger partial charge in [-0.2, -0.15) is 0 Å². The minimum atomic E-state index is 0.622. The molecule has 0 radical (unpaired) electrons. The quantitative estimate of drug-likeness (QED) is 0.117. The second-order valence-corrected chi connectivity index (χ2v) is 1.42. The topological polar surface area (TPSA) is 76.1 Å². The van der Waals surface area contributed by atoms with Crippen LogP contribution in [0.2, 0.25) is 0 Å². The predicted octanol–water partition coefficient (Wildman–Crippen LogP) is -1.48. The third-order valence-electron chi connectivity index (χ3n) is 0.239. The molecule has 0 aromatic rings. The highest BCUT2D eigenvalue weighted by atomic mass is 32.2. The maximum absolute atomic E-state index is 4.85. The molecule has 0 spiro atoms. The fraction of sp³-hybridized carbons (Fsp3) is 1.00. The van der Waals surface area contributed by atoms with Crippen molar-refractivity contribution in [1.82, 2.24) is 10.3 Å². The number of nitrogens with one attached hydrogen (secondary N) is 2. The predicted molar refractivity (Wildman–Crippen MR) is 27.1 cm³/mol. The molecule has 0 unspecified atom stereocenters. The van der Waals surface area contributed by atoms with Crippen molar-refractivity contribution in [3.8, 4) is 0 Å². The summed E-state index contributed by atoms with van der Waals surface area (Å²) in [5, 5.41) is 0. The van der Waals surface area contributed by atoms with Gasteiger partial charge in [0.25, 0.3) is 0 Å². The van der Waals surface area contributed by atoms with Crippen molar-refractivity contribution in [1.29, 1.82) is 0 Å². The van der Waals surface area contributed by atoms with Crippen LogP contribution in [0.1, 0.15) is 0 Å². The Morgan fingerprint density at radius 1 is 1.50 bits per heavy atom. The van der Waals surface area contributed by atoms with E-state index in [2.05, 4.69) is 10.3 Å². The van der Waals surface area contributed by atoms with E-state index in [0.717, 1.165) is 0 Å². The average molecular weight is 108 g/mol. The van der Waals surface area contributed by atoms with Crippen LogP contribution in [0.25, 0.3) is 0 Å². The van der Waals surface area contributed by atoms with Gasteiger partial charge in [0.05, 0.1) is 5.88 Å². The molecular formula is CH8N4S. The van der Waals surface area contributed by atoms with Crippen LogP contribution in [0.15, 0.2) is 0 Å². The molecule has 0 aromatic heterocycles. The van der Waals surface area contributed by atoms with Crippen LogP contribution in [0, 0.1) is 0 Å². The van der Waals surface area contributed by atoms with Gasteiger partial charge in [-0.3, -0.25) is 11.7 Å². The number of hydrogen-bond acceptors (Lipinski definition) is 5. The summed E-state index contributed by atoms with van der Waals surface area (Å²) in [5.41, 5.74) is 2.39. The van der Waals surface area contributed by atoms with Gasteiger partial charge in [-0.05, 0) is 0 Å². The summed E-state index contributed by atoms with van der Waals surface area (Å²) in [6.07, 6.45) is 0. The molecule has 0 fully saturated rings. The van der Waals surface area contributed by atoms with Crippen LogP contribution in [-0.2, 0) is 0 Å². The Hall–Kier alpha value is 0.190. The largest absolute Gasteiger partial charge is 0.271 e. The lowest BCUT2D eigenvalue weighted by molar-refractivity contribution is 0.866. The Bertz CT molecular complexity index is 19.5. The minimum absolute atomic E-state index is 0.622. The van der Waals surface area contributed by atoms with E-state index < -0.39 is 0 Å². The van der Waals surface area contributed by atoms with Crippen LogP contribution < -0.4 is 21.9 Å². The number of rotatable bonds is 3. The lowest BCUT2D eigenvalue weighted by Gasteiger charge is -1.91. The molecule has 0 aliphatic heterocycles. The molecule has 4 nitrogen and oxygen atoms in total. The number of nitrogens with two attached hydrogens (primary N) is 2. The summed E-state index contributed by atoms with van der Waals surface area (Å²) < 4.78 is 0. The zero-order valence-electron chi connectivity index (χ0n) is 3.27. The van der Waals surface area contributed by atoms with Crippen molar-refractivity contribution in [3.05, 3.63) is 0 Å². The Labute approximate surface area is 40.7 Å². The van der Waals surface area contributed by atoms with E-state index in [1.165, 1.54) is 11.9 Å². The summed E-state index contributed by atoms with van der Waals surface area (Å²) in [6, 6.07) is 0. The summed E-state index contributed by atoms with van der Waals surface area (Å²) >= 11 is 1.30. The molecule has 38 valence electrons. The zero-order valence-corrected chi connectivity index (χ0v) is 4.09. The highest BCUT2D eigenvalue weighted by molar-refractivity contribution is 7.97. The van der Waals surface area contributed by atoms with Crippen LogP contribution in [0.4, 0.5) is 0 Å². The molecule has 6 N–H and O–H groups in total. The van der Waals surface area contributed by atoms with E-state index in [4.69, 9.17) is 11.7 Å². The van der Waals surface area contributed by atoms with Crippen molar-refractivity contribution in [2.45, 2.75) is 0 Å². The first kappa shape index (κ1) is 6.19. The lowest BCUT2D eigenvalue weighted by Crippen LogP contribution is -2.25. The van der Waals surface area contributed by atoms with Gasteiger partial charge in [-0.25, -0.2) is 10.3 Å². The molecule has 0 amide bonds. The smallest absolute Gasteiger partial charge is 0.0712 e. The first-order valence-electron chi connectivity index (χ1n) is 1.42. The van der Waals surface area contributed by atoms with Crippen LogP contribution in [0.5, 0.6) is 0 Å². The molecule has 0 atom stereocenters. The Morgan fingerprint density at radius 3 is 2.33 bits per heavy atom. The fourth-order valence-electron chi connectivity index (χ4n) is 0.0833. The van der Waals surface area contributed by atoms with E-state index in [-0.39, 0.29) is 0 Å². The van der Waals surface area contributed by atoms with Crippen LogP contribution in [-0.4, -0.2) is 5.88 Å². The maximum atomic E-state index is 4.85. The lowest BCUT2D eigenvalue weighted by atomic mass is 11.5. The van der Waals surface area contributed by atoms with Crippen molar-refractivity contribution >= 4 is 11.9 Å². The molecule has 0 aliphatic rings. The molecule has 5 heteroatoms. The van der Waals surface area contributed by atoms with Gasteiger partial charge in [0.1, 0.15) is 0 Å². The highest BCUT2D eigenvalue weighted by Gasteiger charge is 1.71. The van der Waals surface area contributed by atoms with Crippen LogP contribution in [0.3, 0.4) is 0 Å². The van der Waals surface area contributed by atoms with E-state index in [1.807, 2.05) is 0 Å². The van der Waals surface area contributed by atoms with E-state index in [0.29, 0.717) is 5.88 Å². The molecule has 0 saturated heterocycles. The molecule has 6 heavy (non-hydrogen) atoms. The number of hydrogen-bond donors (Lipinski definition) is 4. The van der Waals surface area contributed by atoms with Gasteiger partial charge < -0.3 is 0 Å². The second-order valence-electron chi connectivity index (χ2n) is 0.611. The molecular weight excluding hydrogens is 100 g/mol. The second kappa shape index (κ2) is 5.19. The average Bonchev–Trinajstić information content (AvgIpc) is 1.61. The number of hydrazine groups is 2. The molecule has 0 aliphatic carbocycles. The molecule has 0 bridgehead atoms. The van der Waals surface area contributed by atoms with Gasteiger partial charge >= 0.3 is 0 Å². The van der Waals surface area contributed by atoms with Gasteiger partial charge in [0, 0.05) is 0 Å². The van der Waals surface area contributed by atoms with Gasteiger partial charge in [-0.15, -0.1) is 0 Å². The minimum Gasteiger partial charge on any atom is -0.271 e. The fourth-order valence-corrected chi connectivity index (χ4v) is 0.250. The zero-order chi connectivity index (χ0) is 4.83. The Kier molecular flexibility index (Phi) is 5.35. The standard InChI is InChI=1S/CH8N4S/c2-4-1-6-5-3/h4-5H,1-3H2. The summed E-state index contributed by atoms with van der Waals surface area (Å²) in [7, 11) is 0. The van der Waals surface area contributed by atoms with Crippen molar-refractivity contribution in [2.75, 3.05) is 5.88 Å². The van der Waals surface area contributed by atoms with E-state index in [1.54, 1.807) is 0 Å². The highest BCUT2D eigenvalue weighted by Crippen LogP contribution is 1.78. The molecule has 0 aromatic carbocycles. The van der Waals surface area contributed by atoms with Gasteiger partial charge in [0.15, 0.2) is 0 Å². The third-order valence-corrected chi connectivity index (χ3v) is 0.717. The Morgan fingerprint density at radius 2 is 2.17 bits per heavy atom. The SMILES string of the molecule is NNCSNN. The summed E-state index contributed by atoms with van der Waals surface area (Å²) in [5.74, 6) is 10.3. The molecule has 0 rings (SSSR count). The van der Waals surface area contributed by atoms with Crippen molar-refractivity contribution in [3.63, 3.8) is 0 Å². The van der Waals surface area contributed by atoms with E-state index >= 15 is 0 Å². The third kappa shape index (κ3) is 4.19. The first-order valence-corrected chi connectivity index (χ1v) is 2.41. The summed E-state index contributed by atoms with van der Waals surface area (Å²) in [4.78, 5) is 2.34. The Balaban J connectivity index is 2.34. The monoisotopic (exact) mass is 108 g/mol.